The molecule has 2 aromatic carbocycles. The van der Waals surface area contributed by atoms with Gasteiger partial charge in [-0.2, -0.15) is 4.98 Å². The van der Waals surface area contributed by atoms with Crippen LogP contribution in [0.25, 0.3) is 11.4 Å². The normalized spacial score (nSPS) is 14.8. The van der Waals surface area contributed by atoms with Crippen molar-refractivity contribution in [1.82, 2.24) is 20.4 Å². The summed E-state index contributed by atoms with van der Waals surface area (Å²) in [5.74, 6) is 1.93. The van der Waals surface area contributed by atoms with Crippen LogP contribution in [0.4, 0.5) is 0 Å². The van der Waals surface area contributed by atoms with Gasteiger partial charge in [-0.15, -0.1) is 0 Å². The summed E-state index contributed by atoms with van der Waals surface area (Å²) < 4.78 is 10.9. The van der Waals surface area contributed by atoms with Crippen LogP contribution < -0.4 is 10.1 Å². The van der Waals surface area contributed by atoms with Gasteiger partial charge in [0.05, 0.1) is 13.2 Å². The maximum absolute atomic E-state index is 12.6. The molecule has 1 unspecified atom stereocenters. The van der Waals surface area contributed by atoms with Crippen LogP contribution in [-0.4, -0.2) is 47.7 Å². The summed E-state index contributed by atoms with van der Waals surface area (Å²) in [7, 11) is 1.69. The summed E-state index contributed by atoms with van der Waals surface area (Å²) in [6, 6.07) is 15.4. The van der Waals surface area contributed by atoms with E-state index >= 15 is 0 Å². The van der Waals surface area contributed by atoms with Gasteiger partial charge in [0.2, 0.25) is 17.6 Å². The van der Waals surface area contributed by atoms with Crippen molar-refractivity contribution in [3.05, 3.63) is 65.0 Å². The number of nitrogens with zero attached hydrogens (tertiary/aromatic N) is 3. The van der Waals surface area contributed by atoms with E-state index < -0.39 is 0 Å². The number of carbonyl (C=O) groups excluding carboxylic acids is 1. The lowest BCUT2D eigenvalue weighted by atomic mass is 10.0. The zero-order valence-electron chi connectivity index (χ0n) is 18.8. The number of hydrogen-bond acceptors (Lipinski definition) is 6. The molecule has 0 saturated carbocycles. The van der Waals surface area contributed by atoms with Gasteiger partial charge in [-0.3, -0.25) is 9.69 Å². The van der Waals surface area contributed by atoms with Crippen molar-refractivity contribution in [3.8, 4) is 17.1 Å². The van der Waals surface area contributed by atoms with Crippen LogP contribution in [0.1, 0.15) is 43.2 Å². The summed E-state index contributed by atoms with van der Waals surface area (Å²) in [5, 5.41) is 7.80. The summed E-state index contributed by atoms with van der Waals surface area (Å²) in [4.78, 5) is 19.4. The second kappa shape index (κ2) is 11.3. The smallest absolute Gasteiger partial charge is 0.226 e. The summed E-state index contributed by atoms with van der Waals surface area (Å²) in [6.07, 6.45) is 3.95. The lowest BCUT2D eigenvalue weighted by Gasteiger charge is -2.29. The standard InChI is InChI=1S/C25H29ClN4O3/c1-32-22-8-3-2-7-20(22)21(30-15-4-5-16-30)17-27-23(31)9-6-10-24-28-25(29-33-24)18-11-13-19(26)14-12-18/h2-3,7-8,11-14,21H,4-6,9-10,15-17H2,1H3,(H,27,31). The van der Waals surface area contributed by atoms with E-state index in [-0.39, 0.29) is 11.9 Å². The van der Waals surface area contributed by atoms with Crippen molar-refractivity contribution in [1.29, 1.82) is 0 Å². The minimum atomic E-state index is 0.0199. The molecule has 1 saturated heterocycles. The van der Waals surface area contributed by atoms with E-state index in [0.29, 0.717) is 42.5 Å². The first kappa shape index (κ1) is 23.3. The minimum Gasteiger partial charge on any atom is -0.496 e. The molecule has 8 heteroatoms. The number of benzene rings is 2. The number of amides is 1. The van der Waals surface area contributed by atoms with E-state index in [9.17, 15) is 4.79 Å². The molecule has 1 aliphatic heterocycles. The molecule has 0 radical (unpaired) electrons. The number of aromatic nitrogens is 2. The van der Waals surface area contributed by atoms with Gasteiger partial charge in [0.25, 0.3) is 0 Å². The number of halogens is 1. The first-order valence-electron chi connectivity index (χ1n) is 11.4. The maximum atomic E-state index is 12.6. The molecule has 1 atom stereocenters. The molecule has 33 heavy (non-hydrogen) atoms. The quantitative estimate of drug-likeness (QED) is 0.465. The fourth-order valence-electron chi connectivity index (χ4n) is 4.20. The Bertz CT molecular complexity index is 1050. The number of aryl methyl sites for hydroxylation is 1. The second-order valence-electron chi connectivity index (χ2n) is 8.18. The SMILES string of the molecule is COc1ccccc1C(CNC(=O)CCCc1nc(-c2ccc(Cl)cc2)no1)N1CCCC1. The van der Waals surface area contributed by atoms with Crippen LogP contribution in [0.5, 0.6) is 5.75 Å². The van der Waals surface area contributed by atoms with Crippen molar-refractivity contribution in [3.63, 3.8) is 0 Å². The van der Waals surface area contributed by atoms with Crippen molar-refractivity contribution < 1.29 is 14.1 Å². The molecule has 1 amide bonds. The van der Waals surface area contributed by atoms with Gasteiger partial charge in [0.1, 0.15) is 5.75 Å². The van der Waals surface area contributed by atoms with E-state index in [1.807, 2.05) is 30.3 Å². The first-order valence-corrected chi connectivity index (χ1v) is 11.7. The third kappa shape index (κ3) is 6.12. The molecule has 4 rings (SSSR count). The molecule has 7 nitrogen and oxygen atoms in total. The fourth-order valence-corrected chi connectivity index (χ4v) is 4.33. The van der Waals surface area contributed by atoms with E-state index in [2.05, 4.69) is 26.4 Å². The second-order valence-corrected chi connectivity index (χ2v) is 8.61. The minimum absolute atomic E-state index is 0.0199. The van der Waals surface area contributed by atoms with Gasteiger partial charge in [-0.05, 0) is 62.7 Å². The third-order valence-corrected chi connectivity index (χ3v) is 6.19. The molecule has 2 heterocycles. The molecule has 0 bridgehead atoms. The van der Waals surface area contributed by atoms with E-state index in [0.717, 1.165) is 30.0 Å². The molecular weight excluding hydrogens is 440 g/mol. The fraction of sp³-hybridized carbons (Fsp3) is 0.400. The Balaban J connectivity index is 1.28. The molecule has 3 aromatic rings. The van der Waals surface area contributed by atoms with Gasteiger partial charge in [0, 0.05) is 35.5 Å². The largest absolute Gasteiger partial charge is 0.496 e. The number of rotatable bonds is 10. The van der Waals surface area contributed by atoms with E-state index in [1.165, 1.54) is 12.8 Å². The average molecular weight is 469 g/mol. The zero-order chi connectivity index (χ0) is 23.0. The Hall–Kier alpha value is -2.90. The first-order chi connectivity index (χ1) is 16.1. The predicted octanol–water partition coefficient (Wildman–Crippen LogP) is 4.67. The highest BCUT2D eigenvalue weighted by Gasteiger charge is 2.26. The Morgan fingerprint density at radius 3 is 2.70 bits per heavy atom. The van der Waals surface area contributed by atoms with Gasteiger partial charge >= 0.3 is 0 Å². The number of methoxy groups -OCH3 is 1. The van der Waals surface area contributed by atoms with Crippen LogP contribution >= 0.6 is 11.6 Å². The molecule has 0 aliphatic carbocycles. The van der Waals surface area contributed by atoms with Crippen LogP contribution in [0, 0.1) is 0 Å². The van der Waals surface area contributed by atoms with Crippen LogP contribution in [0.15, 0.2) is 53.1 Å². The number of hydrogen-bond donors (Lipinski definition) is 1. The number of likely N-dealkylation sites (tertiary alicyclic amines) is 1. The van der Waals surface area contributed by atoms with Crippen molar-refractivity contribution >= 4 is 17.5 Å². The van der Waals surface area contributed by atoms with Gasteiger partial charge in [0.15, 0.2) is 0 Å². The Kier molecular flexibility index (Phi) is 7.96. The Labute approximate surface area is 199 Å². The van der Waals surface area contributed by atoms with Crippen LogP contribution in [0.3, 0.4) is 0 Å². The topological polar surface area (TPSA) is 80.5 Å². The molecule has 1 fully saturated rings. The number of nitrogens with one attached hydrogen (secondary N) is 1. The summed E-state index contributed by atoms with van der Waals surface area (Å²) in [5.41, 5.74) is 1.96. The molecule has 1 N–H and O–H groups in total. The number of ether oxygens (including phenoxy) is 1. The number of carbonyl (C=O) groups is 1. The molecule has 174 valence electrons. The Morgan fingerprint density at radius 1 is 1.18 bits per heavy atom. The molecule has 0 spiro atoms. The molecule has 1 aliphatic rings. The van der Waals surface area contributed by atoms with Crippen molar-refractivity contribution in [2.24, 2.45) is 0 Å². The van der Waals surface area contributed by atoms with Gasteiger partial charge < -0.3 is 14.6 Å². The Morgan fingerprint density at radius 2 is 1.94 bits per heavy atom. The summed E-state index contributed by atoms with van der Waals surface area (Å²) in [6.45, 7) is 2.62. The lowest BCUT2D eigenvalue weighted by Crippen LogP contribution is -2.37. The van der Waals surface area contributed by atoms with Crippen LogP contribution in [-0.2, 0) is 11.2 Å². The van der Waals surface area contributed by atoms with E-state index in [1.54, 1.807) is 19.2 Å². The maximum Gasteiger partial charge on any atom is 0.226 e. The zero-order valence-corrected chi connectivity index (χ0v) is 19.6. The van der Waals surface area contributed by atoms with Crippen molar-refractivity contribution in [2.75, 3.05) is 26.7 Å². The number of para-hydroxylation sites is 1. The van der Waals surface area contributed by atoms with E-state index in [4.69, 9.17) is 20.9 Å². The van der Waals surface area contributed by atoms with Gasteiger partial charge in [-0.25, -0.2) is 0 Å². The van der Waals surface area contributed by atoms with Crippen LogP contribution in [0.2, 0.25) is 5.02 Å². The van der Waals surface area contributed by atoms with Crippen molar-refractivity contribution in [2.45, 2.75) is 38.1 Å². The highest BCUT2D eigenvalue weighted by molar-refractivity contribution is 6.30. The molecular formula is C25H29ClN4O3. The third-order valence-electron chi connectivity index (χ3n) is 5.94. The molecule has 1 aromatic heterocycles. The predicted molar refractivity (Wildman–Crippen MR) is 127 cm³/mol. The average Bonchev–Trinajstić information content (AvgIpc) is 3.53. The highest BCUT2D eigenvalue weighted by Crippen LogP contribution is 2.31. The van der Waals surface area contributed by atoms with Gasteiger partial charge in [-0.1, -0.05) is 35.0 Å². The lowest BCUT2D eigenvalue weighted by molar-refractivity contribution is -0.121. The monoisotopic (exact) mass is 468 g/mol. The highest BCUT2D eigenvalue weighted by atomic mass is 35.5. The summed E-state index contributed by atoms with van der Waals surface area (Å²) >= 11 is 5.92.